The molecular weight excluding hydrogens is 374 g/mol. The van der Waals surface area contributed by atoms with Crippen LogP contribution in [0.25, 0.3) is 0 Å². The van der Waals surface area contributed by atoms with E-state index in [1.807, 2.05) is 48.7 Å². The SMILES string of the molecule is COCCN(CC(=O)N1N=C(c2cccs2)CC1c1ccc(C)cc1)C(C)=O. The fourth-order valence-electron chi connectivity index (χ4n) is 3.17. The summed E-state index contributed by atoms with van der Waals surface area (Å²) in [5.41, 5.74) is 3.11. The molecule has 7 heteroatoms. The van der Waals surface area contributed by atoms with Gasteiger partial charge in [-0.2, -0.15) is 5.10 Å². The molecule has 0 aliphatic carbocycles. The molecule has 148 valence electrons. The average Bonchev–Trinajstić information content (AvgIpc) is 3.35. The molecule has 1 aromatic heterocycles. The van der Waals surface area contributed by atoms with Crippen LogP contribution in [-0.2, 0) is 14.3 Å². The van der Waals surface area contributed by atoms with Gasteiger partial charge in [0.15, 0.2) is 0 Å². The number of nitrogens with zero attached hydrogens (tertiary/aromatic N) is 3. The molecule has 0 spiro atoms. The zero-order valence-electron chi connectivity index (χ0n) is 16.4. The third-order valence-electron chi connectivity index (χ3n) is 4.77. The maximum absolute atomic E-state index is 13.1. The van der Waals surface area contributed by atoms with Crippen molar-refractivity contribution in [1.29, 1.82) is 0 Å². The van der Waals surface area contributed by atoms with Crippen LogP contribution in [0.2, 0.25) is 0 Å². The zero-order valence-corrected chi connectivity index (χ0v) is 17.2. The molecule has 1 aliphatic rings. The first-order chi connectivity index (χ1) is 13.5. The minimum absolute atomic E-state index is 0.0116. The first kappa shape index (κ1) is 20.2. The minimum atomic E-state index is -0.191. The van der Waals surface area contributed by atoms with Crippen molar-refractivity contribution in [2.75, 3.05) is 26.8 Å². The Labute approximate surface area is 169 Å². The maximum Gasteiger partial charge on any atom is 0.262 e. The number of ether oxygens (including phenoxy) is 1. The standard InChI is InChI=1S/C21H25N3O3S/c1-15-6-8-17(9-7-15)19-13-18(20-5-4-12-28-20)22-24(19)21(26)14-23(16(2)25)10-11-27-3/h4-9,12,19H,10-11,13-14H2,1-3H3. The predicted molar refractivity (Wildman–Crippen MR) is 110 cm³/mol. The predicted octanol–water partition coefficient (Wildman–Crippen LogP) is 3.23. The number of rotatable bonds is 7. The lowest BCUT2D eigenvalue weighted by atomic mass is 10.00. The van der Waals surface area contributed by atoms with Crippen molar-refractivity contribution in [2.45, 2.75) is 26.3 Å². The Morgan fingerprint density at radius 2 is 2.04 bits per heavy atom. The van der Waals surface area contributed by atoms with Crippen LogP contribution in [-0.4, -0.2) is 54.2 Å². The van der Waals surface area contributed by atoms with E-state index in [4.69, 9.17) is 4.74 Å². The number of carbonyl (C=O) groups is 2. The van der Waals surface area contributed by atoms with Crippen LogP contribution < -0.4 is 0 Å². The summed E-state index contributed by atoms with van der Waals surface area (Å²) in [7, 11) is 1.58. The molecule has 6 nitrogen and oxygen atoms in total. The number of benzene rings is 1. The molecule has 0 bridgehead atoms. The number of hydrogen-bond donors (Lipinski definition) is 0. The van der Waals surface area contributed by atoms with E-state index in [1.54, 1.807) is 23.5 Å². The molecule has 0 radical (unpaired) electrons. The van der Waals surface area contributed by atoms with Gasteiger partial charge in [-0.05, 0) is 23.9 Å². The number of carbonyl (C=O) groups excluding carboxylic acids is 2. The molecular formula is C21H25N3O3S. The Bertz CT molecular complexity index is 846. The highest BCUT2D eigenvalue weighted by Crippen LogP contribution is 2.34. The van der Waals surface area contributed by atoms with Crippen molar-refractivity contribution >= 4 is 28.9 Å². The number of hydrazone groups is 1. The summed E-state index contributed by atoms with van der Waals surface area (Å²) in [6.07, 6.45) is 0.660. The molecule has 1 unspecified atom stereocenters. The normalized spacial score (nSPS) is 16.2. The van der Waals surface area contributed by atoms with E-state index in [1.165, 1.54) is 17.4 Å². The Kier molecular flexibility index (Phi) is 6.59. The van der Waals surface area contributed by atoms with E-state index in [9.17, 15) is 9.59 Å². The van der Waals surface area contributed by atoms with E-state index in [0.29, 0.717) is 19.6 Å². The van der Waals surface area contributed by atoms with E-state index in [2.05, 4.69) is 5.10 Å². The highest BCUT2D eigenvalue weighted by atomic mass is 32.1. The van der Waals surface area contributed by atoms with Crippen LogP contribution in [0, 0.1) is 6.92 Å². The summed E-state index contributed by atoms with van der Waals surface area (Å²) in [5.74, 6) is -0.345. The summed E-state index contributed by atoms with van der Waals surface area (Å²) in [4.78, 5) is 27.5. The molecule has 0 N–H and O–H groups in total. The fourth-order valence-corrected chi connectivity index (χ4v) is 3.89. The number of thiophene rings is 1. The lowest BCUT2D eigenvalue weighted by Gasteiger charge is -2.26. The molecule has 0 saturated carbocycles. The molecule has 0 fully saturated rings. The molecule has 28 heavy (non-hydrogen) atoms. The van der Waals surface area contributed by atoms with Gasteiger partial charge in [0.2, 0.25) is 5.91 Å². The lowest BCUT2D eigenvalue weighted by Crippen LogP contribution is -2.41. The van der Waals surface area contributed by atoms with Gasteiger partial charge in [0.05, 0.1) is 23.2 Å². The monoisotopic (exact) mass is 399 g/mol. The Hall–Kier alpha value is -2.51. The van der Waals surface area contributed by atoms with Crippen molar-refractivity contribution in [3.63, 3.8) is 0 Å². The van der Waals surface area contributed by atoms with E-state index in [-0.39, 0.29) is 24.4 Å². The summed E-state index contributed by atoms with van der Waals surface area (Å²) in [6.45, 7) is 4.25. The van der Waals surface area contributed by atoms with Crippen molar-refractivity contribution in [2.24, 2.45) is 5.10 Å². The van der Waals surface area contributed by atoms with Gasteiger partial charge in [0.25, 0.3) is 5.91 Å². The zero-order chi connectivity index (χ0) is 20.1. The summed E-state index contributed by atoms with van der Waals surface area (Å²) in [5, 5.41) is 8.19. The smallest absolute Gasteiger partial charge is 0.262 e. The molecule has 2 aromatic rings. The van der Waals surface area contributed by atoms with Gasteiger partial charge in [0.1, 0.15) is 6.54 Å². The van der Waals surface area contributed by atoms with Gasteiger partial charge in [-0.25, -0.2) is 5.01 Å². The Balaban J connectivity index is 1.85. The van der Waals surface area contributed by atoms with Crippen LogP contribution in [0.15, 0.2) is 46.9 Å². The van der Waals surface area contributed by atoms with E-state index < -0.39 is 0 Å². The molecule has 0 saturated heterocycles. The number of amides is 2. The molecule has 1 aliphatic heterocycles. The second-order valence-electron chi connectivity index (χ2n) is 6.83. The molecule has 1 atom stereocenters. The van der Waals surface area contributed by atoms with Crippen molar-refractivity contribution < 1.29 is 14.3 Å². The summed E-state index contributed by atoms with van der Waals surface area (Å²) < 4.78 is 5.05. The van der Waals surface area contributed by atoms with E-state index in [0.717, 1.165) is 16.2 Å². The van der Waals surface area contributed by atoms with Crippen molar-refractivity contribution in [3.05, 3.63) is 57.8 Å². The lowest BCUT2D eigenvalue weighted by molar-refractivity contribution is -0.141. The van der Waals surface area contributed by atoms with Crippen molar-refractivity contribution in [3.8, 4) is 0 Å². The van der Waals surface area contributed by atoms with Gasteiger partial charge >= 0.3 is 0 Å². The van der Waals surface area contributed by atoms with E-state index >= 15 is 0 Å². The largest absolute Gasteiger partial charge is 0.383 e. The Morgan fingerprint density at radius 1 is 1.29 bits per heavy atom. The molecule has 2 amide bonds. The first-order valence-corrected chi connectivity index (χ1v) is 10.1. The third kappa shape index (κ3) is 4.66. The van der Waals surface area contributed by atoms with Gasteiger partial charge < -0.3 is 9.64 Å². The molecule has 2 heterocycles. The number of methoxy groups -OCH3 is 1. The fraction of sp³-hybridized carbons (Fsp3) is 0.381. The van der Waals surface area contributed by atoms with Gasteiger partial charge in [-0.1, -0.05) is 35.9 Å². The quantitative estimate of drug-likeness (QED) is 0.718. The van der Waals surface area contributed by atoms with Crippen molar-refractivity contribution in [1.82, 2.24) is 9.91 Å². The minimum Gasteiger partial charge on any atom is -0.383 e. The average molecular weight is 400 g/mol. The van der Waals surface area contributed by atoms with Crippen LogP contribution in [0.4, 0.5) is 0 Å². The van der Waals surface area contributed by atoms with Gasteiger partial charge in [-0.15, -0.1) is 11.3 Å². The molecule has 1 aromatic carbocycles. The van der Waals surface area contributed by atoms with Gasteiger partial charge in [-0.3, -0.25) is 9.59 Å². The van der Waals surface area contributed by atoms with Crippen LogP contribution >= 0.6 is 11.3 Å². The highest BCUT2D eigenvalue weighted by molar-refractivity contribution is 7.12. The molecule has 3 rings (SSSR count). The maximum atomic E-state index is 13.1. The topological polar surface area (TPSA) is 62.2 Å². The first-order valence-electron chi connectivity index (χ1n) is 9.24. The second-order valence-corrected chi connectivity index (χ2v) is 7.77. The van der Waals surface area contributed by atoms with Crippen LogP contribution in [0.5, 0.6) is 0 Å². The second kappa shape index (κ2) is 9.12. The number of aryl methyl sites for hydroxylation is 1. The highest BCUT2D eigenvalue weighted by Gasteiger charge is 2.34. The van der Waals surface area contributed by atoms with Crippen LogP contribution in [0.1, 0.15) is 35.4 Å². The van der Waals surface area contributed by atoms with Crippen LogP contribution in [0.3, 0.4) is 0 Å². The Morgan fingerprint density at radius 3 is 2.64 bits per heavy atom. The third-order valence-corrected chi connectivity index (χ3v) is 5.69. The summed E-state index contributed by atoms with van der Waals surface area (Å²) >= 11 is 1.61. The summed E-state index contributed by atoms with van der Waals surface area (Å²) in [6, 6.07) is 12.0. The number of hydrogen-bond acceptors (Lipinski definition) is 5. The van der Waals surface area contributed by atoms with Gasteiger partial charge in [0, 0.05) is 27.0 Å².